The summed E-state index contributed by atoms with van der Waals surface area (Å²) in [4.78, 5) is 31.1. The van der Waals surface area contributed by atoms with E-state index in [0.29, 0.717) is 10.7 Å². The lowest BCUT2D eigenvalue weighted by atomic mass is 10.1. The number of rotatable bonds is 6. The fourth-order valence-electron chi connectivity index (χ4n) is 2.74. The molecule has 1 N–H and O–H groups in total. The molecule has 134 valence electrons. The summed E-state index contributed by atoms with van der Waals surface area (Å²) in [5.41, 5.74) is 0.589. The molecule has 0 saturated heterocycles. The van der Waals surface area contributed by atoms with E-state index in [4.69, 9.17) is 0 Å². The van der Waals surface area contributed by atoms with Crippen LogP contribution in [0.25, 0.3) is 10.8 Å². The van der Waals surface area contributed by atoms with Gasteiger partial charge >= 0.3 is 0 Å². The van der Waals surface area contributed by atoms with E-state index in [2.05, 4.69) is 10.3 Å². The largest absolute Gasteiger partial charge is 0.327 e. The monoisotopic (exact) mass is 367 g/mol. The molecule has 0 radical (unpaired) electrons. The smallest absolute Gasteiger partial charge is 0.254 e. The third kappa shape index (κ3) is 4.08. The first-order valence-electron chi connectivity index (χ1n) is 8.57. The number of benzene rings is 2. The second kappa shape index (κ2) is 8.10. The molecule has 0 spiro atoms. The van der Waals surface area contributed by atoms with Crippen molar-refractivity contribution in [2.75, 3.05) is 11.9 Å². The van der Waals surface area contributed by atoms with Crippen molar-refractivity contribution in [1.82, 2.24) is 9.88 Å². The lowest BCUT2D eigenvalue weighted by Gasteiger charge is -2.28. The van der Waals surface area contributed by atoms with Crippen LogP contribution >= 0.6 is 11.3 Å². The molecule has 0 bridgehead atoms. The van der Waals surface area contributed by atoms with Crippen LogP contribution in [0.1, 0.15) is 30.6 Å². The third-order valence-corrected chi connectivity index (χ3v) is 5.06. The van der Waals surface area contributed by atoms with Gasteiger partial charge in [-0.25, -0.2) is 4.98 Å². The van der Waals surface area contributed by atoms with Crippen LogP contribution < -0.4 is 5.32 Å². The quantitative estimate of drug-likeness (QED) is 0.711. The van der Waals surface area contributed by atoms with Crippen LogP contribution in [0.15, 0.2) is 54.0 Å². The highest BCUT2D eigenvalue weighted by molar-refractivity contribution is 7.13. The summed E-state index contributed by atoms with van der Waals surface area (Å²) in [6.45, 7) is 3.96. The maximum absolute atomic E-state index is 13.1. The number of carbonyl (C=O) groups is 2. The predicted octanol–water partition coefficient (Wildman–Crippen LogP) is 4.18. The van der Waals surface area contributed by atoms with E-state index in [1.807, 2.05) is 56.3 Å². The molecule has 0 aliphatic rings. The fraction of sp³-hybridized carbons (Fsp3) is 0.250. The van der Waals surface area contributed by atoms with Crippen LogP contribution in [0.5, 0.6) is 0 Å². The molecule has 1 heterocycles. The third-order valence-electron chi connectivity index (χ3n) is 4.37. The van der Waals surface area contributed by atoms with Crippen LogP contribution in [-0.2, 0) is 4.79 Å². The predicted molar refractivity (Wildman–Crippen MR) is 105 cm³/mol. The van der Waals surface area contributed by atoms with Crippen LogP contribution in [-0.4, -0.2) is 34.3 Å². The highest BCUT2D eigenvalue weighted by Crippen LogP contribution is 2.19. The molecule has 1 aromatic heterocycles. The Hall–Kier alpha value is -2.73. The van der Waals surface area contributed by atoms with Crippen LogP contribution in [0.4, 0.5) is 5.13 Å². The number of fused-ring (bicyclic) bond motifs is 1. The highest BCUT2D eigenvalue weighted by atomic mass is 32.1. The van der Waals surface area contributed by atoms with Crippen molar-refractivity contribution in [1.29, 1.82) is 0 Å². The molecular weight excluding hydrogens is 346 g/mol. The molecule has 6 heteroatoms. The van der Waals surface area contributed by atoms with Gasteiger partial charge in [0.25, 0.3) is 5.91 Å². The number of aromatic nitrogens is 1. The number of carbonyl (C=O) groups excluding carboxylic acids is 2. The zero-order chi connectivity index (χ0) is 18.5. The molecule has 0 fully saturated rings. The Kier molecular flexibility index (Phi) is 5.63. The second-order valence-corrected chi connectivity index (χ2v) is 7.03. The van der Waals surface area contributed by atoms with E-state index in [1.165, 1.54) is 11.3 Å². The van der Waals surface area contributed by atoms with Gasteiger partial charge in [-0.3, -0.25) is 9.59 Å². The number of amides is 2. The first kappa shape index (κ1) is 18.1. The fourth-order valence-corrected chi connectivity index (χ4v) is 3.28. The van der Waals surface area contributed by atoms with E-state index in [-0.39, 0.29) is 24.4 Å². The molecule has 3 aromatic rings. The summed E-state index contributed by atoms with van der Waals surface area (Å²) in [6, 6.07) is 13.5. The number of hydrogen-bond acceptors (Lipinski definition) is 4. The lowest BCUT2D eigenvalue weighted by Crippen LogP contribution is -2.43. The van der Waals surface area contributed by atoms with Gasteiger partial charge in [0.1, 0.15) is 6.54 Å². The van der Waals surface area contributed by atoms with Gasteiger partial charge in [0.05, 0.1) is 0 Å². The second-order valence-electron chi connectivity index (χ2n) is 6.14. The van der Waals surface area contributed by atoms with Gasteiger partial charge in [-0.05, 0) is 36.2 Å². The SMILES string of the molecule is CC[C@@H](C)N(CC(=O)Nc1nccs1)C(=O)c1ccc2ccccc2c1. The van der Waals surface area contributed by atoms with Crippen molar-refractivity contribution >= 4 is 39.1 Å². The molecule has 2 aromatic carbocycles. The topological polar surface area (TPSA) is 62.3 Å². The first-order valence-corrected chi connectivity index (χ1v) is 9.45. The van der Waals surface area contributed by atoms with E-state index < -0.39 is 0 Å². The van der Waals surface area contributed by atoms with Crippen molar-refractivity contribution in [2.24, 2.45) is 0 Å². The molecule has 26 heavy (non-hydrogen) atoms. The number of thiazole rings is 1. The minimum atomic E-state index is -0.241. The van der Waals surface area contributed by atoms with Crippen LogP contribution in [0, 0.1) is 0 Å². The standard InChI is InChI=1S/C20H21N3O2S/c1-3-14(2)23(13-18(24)22-20-21-10-11-26-20)19(25)17-9-8-15-6-4-5-7-16(15)12-17/h4-12,14H,3,13H2,1-2H3,(H,21,22,24)/t14-/m1/s1. The van der Waals surface area contributed by atoms with Crippen molar-refractivity contribution in [3.8, 4) is 0 Å². The van der Waals surface area contributed by atoms with Gasteiger partial charge in [0, 0.05) is 23.2 Å². The van der Waals surface area contributed by atoms with E-state index in [1.54, 1.807) is 16.5 Å². The van der Waals surface area contributed by atoms with E-state index in [0.717, 1.165) is 17.2 Å². The van der Waals surface area contributed by atoms with E-state index in [9.17, 15) is 9.59 Å². The molecule has 2 amide bonds. The summed E-state index contributed by atoms with van der Waals surface area (Å²) in [7, 11) is 0. The minimum absolute atomic E-state index is 0.000245. The van der Waals surface area contributed by atoms with Crippen molar-refractivity contribution in [3.63, 3.8) is 0 Å². The Labute approximate surface area is 156 Å². The molecule has 0 unspecified atom stereocenters. The summed E-state index contributed by atoms with van der Waals surface area (Å²) in [6.07, 6.45) is 2.40. The maximum atomic E-state index is 13.1. The zero-order valence-corrected chi connectivity index (χ0v) is 15.6. The summed E-state index contributed by atoms with van der Waals surface area (Å²) < 4.78 is 0. The number of hydrogen-bond donors (Lipinski definition) is 1. The Morgan fingerprint density at radius 1 is 1.19 bits per heavy atom. The summed E-state index contributed by atoms with van der Waals surface area (Å²) in [5.74, 6) is -0.381. The van der Waals surface area contributed by atoms with Crippen LogP contribution in [0.2, 0.25) is 0 Å². The molecule has 3 rings (SSSR count). The lowest BCUT2D eigenvalue weighted by molar-refractivity contribution is -0.117. The molecule has 0 aliphatic heterocycles. The van der Waals surface area contributed by atoms with Gasteiger partial charge in [-0.2, -0.15) is 0 Å². The Balaban J connectivity index is 1.81. The summed E-state index contributed by atoms with van der Waals surface area (Å²) >= 11 is 1.35. The Morgan fingerprint density at radius 2 is 1.96 bits per heavy atom. The molecule has 1 atom stereocenters. The first-order chi connectivity index (χ1) is 12.6. The Morgan fingerprint density at radius 3 is 2.65 bits per heavy atom. The number of nitrogens with one attached hydrogen (secondary N) is 1. The van der Waals surface area contributed by atoms with Gasteiger partial charge in [-0.1, -0.05) is 37.3 Å². The summed E-state index contributed by atoms with van der Waals surface area (Å²) in [5, 5.41) is 7.17. The van der Waals surface area contributed by atoms with Gasteiger partial charge in [0.15, 0.2) is 5.13 Å². The zero-order valence-electron chi connectivity index (χ0n) is 14.8. The van der Waals surface area contributed by atoms with Crippen LogP contribution in [0.3, 0.4) is 0 Å². The van der Waals surface area contributed by atoms with Crippen molar-refractivity contribution < 1.29 is 9.59 Å². The van der Waals surface area contributed by atoms with Gasteiger partial charge in [0.2, 0.25) is 5.91 Å². The molecule has 0 saturated carbocycles. The Bertz CT molecular complexity index is 908. The van der Waals surface area contributed by atoms with E-state index >= 15 is 0 Å². The van der Waals surface area contributed by atoms with Crippen molar-refractivity contribution in [2.45, 2.75) is 26.3 Å². The average Bonchev–Trinajstić information content (AvgIpc) is 3.17. The normalized spacial score (nSPS) is 11.9. The molecule has 5 nitrogen and oxygen atoms in total. The highest BCUT2D eigenvalue weighted by Gasteiger charge is 2.23. The minimum Gasteiger partial charge on any atom is -0.327 e. The number of nitrogens with zero attached hydrogens (tertiary/aromatic N) is 2. The average molecular weight is 367 g/mol. The molecular formula is C20H21N3O2S. The van der Waals surface area contributed by atoms with Gasteiger partial charge in [-0.15, -0.1) is 11.3 Å². The number of anilines is 1. The van der Waals surface area contributed by atoms with Crippen molar-refractivity contribution in [3.05, 3.63) is 59.6 Å². The molecule has 0 aliphatic carbocycles. The van der Waals surface area contributed by atoms with Gasteiger partial charge < -0.3 is 10.2 Å². The maximum Gasteiger partial charge on any atom is 0.254 e.